The van der Waals surface area contributed by atoms with E-state index in [2.05, 4.69) is 48.4 Å². The molecule has 2 aromatic rings. The minimum absolute atomic E-state index is 0.114. The number of hydrogen-bond acceptors (Lipinski definition) is 8. The molecule has 34 heavy (non-hydrogen) atoms. The fourth-order valence-corrected chi connectivity index (χ4v) is 4.35. The maximum Gasteiger partial charge on any atom is 0.229 e. The van der Waals surface area contributed by atoms with E-state index in [1.807, 2.05) is 38.1 Å². The number of likely N-dealkylation sites (N-methyl/N-ethyl adjacent to an activating group) is 1. The number of allylic oxidation sites excluding steroid dienone is 1. The molecule has 0 saturated carbocycles. The number of fused-ring (bicyclic) bond motifs is 1. The topological polar surface area (TPSA) is 100 Å². The minimum atomic E-state index is -0.114. The van der Waals surface area contributed by atoms with Crippen molar-refractivity contribution in [2.45, 2.75) is 26.7 Å². The molecule has 1 amide bonds. The quantitative estimate of drug-likeness (QED) is 0.609. The van der Waals surface area contributed by atoms with Gasteiger partial charge in [-0.15, -0.1) is 0 Å². The molecule has 0 bridgehead atoms. The molecule has 178 valence electrons. The summed E-state index contributed by atoms with van der Waals surface area (Å²) >= 11 is 0. The van der Waals surface area contributed by atoms with E-state index in [4.69, 9.17) is 0 Å². The molecule has 4 rings (SSSR count). The lowest BCUT2D eigenvalue weighted by molar-refractivity contribution is -0.116. The number of aromatic nitrogens is 2. The van der Waals surface area contributed by atoms with Crippen LogP contribution in [0.15, 0.2) is 36.3 Å². The number of carbonyl (C=O) groups excluding carboxylic acids is 1. The zero-order valence-electron chi connectivity index (χ0n) is 20.1. The van der Waals surface area contributed by atoms with E-state index in [0.29, 0.717) is 30.1 Å². The van der Waals surface area contributed by atoms with Crippen molar-refractivity contribution in [2.75, 3.05) is 61.8 Å². The summed E-state index contributed by atoms with van der Waals surface area (Å²) in [6.07, 6.45) is 2.85. The maximum atomic E-state index is 12.5. The molecular weight excluding hydrogens is 428 g/mol. The average molecular weight is 461 g/mol. The highest BCUT2D eigenvalue weighted by molar-refractivity contribution is 5.92. The van der Waals surface area contributed by atoms with Gasteiger partial charge in [0.05, 0.1) is 17.1 Å². The van der Waals surface area contributed by atoms with Crippen molar-refractivity contribution in [3.05, 3.63) is 47.5 Å². The molecule has 1 aromatic carbocycles. The number of benzene rings is 1. The Morgan fingerprint density at radius 3 is 2.74 bits per heavy atom. The van der Waals surface area contributed by atoms with Crippen LogP contribution in [0.4, 0.5) is 17.3 Å². The molecule has 0 spiro atoms. The summed E-state index contributed by atoms with van der Waals surface area (Å²) in [5, 5.41) is 16.2. The number of carbonyl (C=O) groups is 1. The Labute approximate surface area is 201 Å². The maximum absolute atomic E-state index is 12.5. The summed E-state index contributed by atoms with van der Waals surface area (Å²) < 4.78 is 0. The second kappa shape index (κ2) is 10.6. The lowest BCUT2D eigenvalue weighted by Crippen LogP contribution is -2.44. The number of para-hydroxylation sites is 2. The average Bonchev–Trinajstić information content (AvgIpc) is 3.21. The van der Waals surface area contributed by atoms with Crippen molar-refractivity contribution < 1.29 is 4.79 Å². The molecule has 0 aliphatic carbocycles. The Morgan fingerprint density at radius 1 is 1.24 bits per heavy atom. The largest absolute Gasteiger partial charge is 0.339 e. The number of hydrogen-bond donors (Lipinski definition) is 2. The number of nitrogens with one attached hydrogen (secondary N) is 2. The Bertz CT molecular complexity index is 1110. The van der Waals surface area contributed by atoms with Crippen LogP contribution >= 0.6 is 0 Å². The van der Waals surface area contributed by atoms with Crippen molar-refractivity contribution in [3.8, 4) is 6.07 Å². The third kappa shape index (κ3) is 5.19. The Kier molecular flexibility index (Phi) is 7.40. The highest BCUT2D eigenvalue weighted by Crippen LogP contribution is 2.38. The van der Waals surface area contributed by atoms with E-state index in [1.165, 1.54) is 0 Å². The van der Waals surface area contributed by atoms with Crippen molar-refractivity contribution in [1.29, 1.82) is 5.26 Å². The summed E-state index contributed by atoms with van der Waals surface area (Å²) in [7, 11) is 2.13. The zero-order valence-corrected chi connectivity index (χ0v) is 20.1. The summed E-state index contributed by atoms with van der Waals surface area (Å²) in [5.41, 5.74) is 3.68. The van der Waals surface area contributed by atoms with Gasteiger partial charge in [-0.05, 0) is 51.6 Å². The number of nitrogens with zero attached hydrogens (tertiary/aromatic N) is 6. The van der Waals surface area contributed by atoms with Gasteiger partial charge in [0.2, 0.25) is 11.9 Å². The van der Waals surface area contributed by atoms with Gasteiger partial charge in [-0.2, -0.15) is 5.26 Å². The molecule has 1 aromatic heterocycles. The number of piperazine rings is 1. The van der Waals surface area contributed by atoms with Gasteiger partial charge in [-0.25, -0.2) is 9.97 Å². The first kappa shape index (κ1) is 23.7. The second-order valence-electron chi connectivity index (χ2n) is 8.74. The molecule has 1 saturated heterocycles. The molecular formula is C25H32N8O. The third-order valence-corrected chi connectivity index (χ3v) is 6.32. The lowest BCUT2D eigenvalue weighted by atomic mass is 10.1. The van der Waals surface area contributed by atoms with E-state index in [-0.39, 0.29) is 11.9 Å². The summed E-state index contributed by atoms with van der Waals surface area (Å²) in [5.74, 6) is 0.797. The molecule has 9 nitrogen and oxygen atoms in total. The number of rotatable bonds is 7. The summed E-state index contributed by atoms with van der Waals surface area (Å²) in [6, 6.07) is 10.3. The van der Waals surface area contributed by atoms with Crippen LogP contribution in [0.5, 0.6) is 0 Å². The van der Waals surface area contributed by atoms with Crippen LogP contribution in [0.2, 0.25) is 0 Å². The van der Waals surface area contributed by atoms with Crippen LogP contribution in [0.3, 0.4) is 0 Å². The Balaban J connectivity index is 1.46. The van der Waals surface area contributed by atoms with Crippen LogP contribution in [-0.2, 0) is 4.79 Å². The molecule has 2 aliphatic heterocycles. The third-order valence-electron chi connectivity index (χ3n) is 6.32. The van der Waals surface area contributed by atoms with Gasteiger partial charge in [0.15, 0.2) is 0 Å². The zero-order chi connectivity index (χ0) is 24.1. The lowest BCUT2D eigenvalue weighted by Gasteiger charge is -2.32. The van der Waals surface area contributed by atoms with E-state index >= 15 is 0 Å². The molecule has 1 fully saturated rings. The van der Waals surface area contributed by atoms with Gasteiger partial charge in [-0.3, -0.25) is 10.1 Å². The highest BCUT2D eigenvalue weighted by Gasteiger charge is 2.27. The van der Waals surface area contributed by atoms with E-state index < -0.39 is 0 Å². The first-order valence-corrected chi connectivity index (χ1v) is 11.8. The van der Waals surface area contributed by atoms with Crippen molar-refractivity contribution in [3.63, 3.8) is 0 Å². The highest BCUT2D eigenvalue weighted by atomic mass is 16.1. The van der Waals surface area contributed by atoms with Gasteiger partial charge < -0.3 is 20.0 Å². The van der Waals surface area contributed by atoms with Gasteiger partial charge in [-0.1, -0.05) is 12.1 Å². The SMILES string of the molecule is CCN1C(=C(C#N)c2nc(NC(=O)CCCN3CCN(C)CC3)ncc2C)Nc2ccccc21. The molecule has 3 heterocycles. The molecule has 0 atom stereocenters. The smallest absolute Gasteiger partial charge is 0.229 e. The van der Waals surface area contributed by atoms with Crippen LogP contribution in [-0.4, -0.2) is 72.0 Å². The predicted octanol–water partition coefficient (Wildman–Crippen LogP) is 2.90. The molecule has 0 radical (unpaired) electrons. The normalized spacial score (nSPS) is 17.6. The summed E-state index contributed by atoms with van der Waals surface area (Å²) in [6.45, 7) is 9.74. The van der Waals surface area contributed by atoms with Crippen molar-refractivity contribution in [2.24, 2.45) is 0 Å². The van der Waals surface area contributed by atoms with E-state index in [9.17, 15) is 10.1 Å². The number of amides is 1. The summed E-state index contributed by atoms with van der Waals surface area (Å²) in [4.78, 5) is 28.1. The fraction of sp³-hybridized carbons (Fsp3) is 0.440. The molecule has 9 heteroatoms. The van der Waals surface area contributed by atoms with Gasteiger partial charge in [0.25, 0.3) is 0 Å². The van der Waals surface area contributed by atoms with Gasteiger partial charge >= 0.3 is 0 Å². The predicted molar refractivity (Wildman–Crippen MR) is 134 cm³/mol. The Morgan fingerprint density at radius 2 is 2.00 bits per heavy atom. The van der Waals surface area contributed by atoms with Crippen molar-refractivity contribution >= 4 is 28.8 Å². The fourth-order valence-electron chi connectivity index (χ4n) is 4.35. The van der Waals surface area contributed by atoms with Crippen LogP contribution < -0.4 is 15.5 Å². The molecule has 0 unspecified atom stereocenters. The number of anilines is 3. The minimum Gasteiger partial charge on any atom is -0.339 e. The standard InChI is InChI=1S/C25H32N8O/c1-4-33-21-9-6-5-8-20(21)28-24(33)19(16-26)23-18(2)17-27-25(30-23)29-22(34)10-7-11-32-14-12-31(3)13-15-32/h5-6,8-9,17,28H,4,7,10-15H2,1-3H3,(H,27,29,30,34). The van der Waals surface area contributed by atoms with Crippen LogP contribution in [0.25, 0.3) is 5.57 Å². The monoisotopic (exact) mass is 460 g/mol. The van der Waals surface area contributed by atoms with Crippen molar-refractivity contribution in [1.82, 2.24) is 19.8 Å². The first-order chi connectivity index (χ1) is 16.5. The van der Waals surface area contributed by atoms with E-state index in [1.54, 1.807) is 6.20 Å². The van der Waals surface area contributed by atoms with Gasteiger partial charge in [0, 0.05) is 45.3 Å². The first-order valence-electron chi connectivity index (χ1n) is 11.8. The number of nitriles is 1. The molecule has 2 aliphatic rings. The second-order valence-corrected chi connectivity index (χ2v) is 8.74. The van der Waals surface area contributed by atoms with Gasteiger partial charge in [0.1, 0.15) is 17.5 Å². The van der Waals surface area contributed by atoms with E-state index in [0.717, 1.165) is 56.1 Å². The van der Waals surface area contributed by atoms with Crippen LogP contribution in [0, 0.1) is 18.3 Å². The number of aryl methyl sites for hydroxylation is 1. The van der Waals surface area contributed by atoms with Crippen LogP contribution in [0.1, 0.15) is 31.0 Å². The molecule has 2 N–H and O–H groups in total. The Hall–Kier alpha value is -3.48.